The summed E-state index contributed by atoms with van der Waals surface area (Å²) in [5, 5.41) is 6.47. The van der Waals surface area contributed by atoms with Gasteiger partial charge in [0.1, 0.15) is 5.78 Å². The minimum atomic E-state index is -0.0254. The number of hydrogen-bond acceptors (Lipinski definition) is 4. The van der Waals surface area contributed by atoms with Crippen molar-refractivity contribution in [1.82, 2.24) is 10.6 Å². The Labute approximate surface area is 137 Å². The van der Waals surface area contributed by atoms with Gasteiger partial charge in [-0.2, -0.15) is 11.8 Å². The molecule has 2 fully saturated rings. The second-order valence-corrected chi connectivity index (χ2v) is 7.33. The molecule has 0 bridgehead atoms. The molecule has 126 valence electrons. The van der Waals surface area contributed by atoms with Gasteiger partial charge in [0.15, 0.2) is 0 Å². The molecule has 0 spiro atoms. The first kappa shape index (κ1) is 17.6. The molecular formula is C16H28N2O3S. The van der Waals surface area contributed by atoms with Gasteiger partial charge in [-0.3, -0.25) is 4.79 Å². The van der Waals surface area contributed by atoms with Gasteiger partial charge in [-0.1, -0.05) is 6.42 Å². The molecule has 2 saturated heterocycles. The van der Waals surface area contributed by atoms with Crippen LogP contribution in [0.4, 0.5) is 4.79 Å². The lowest BCUT2D eigenvalue weighted by molar-refractivity contribution is -0.119. The van der Waals surface area contributed by atoms with Crippen LogP contribution < -0.4 is 10.6 Å². The van der Waals surface area contributed by atoms with E-state index >= 15 is 0 Å². The fraction of sp³-hybridized carbons (Fsp3) is 0.875. The number of urea groups is 1. The molecule has 0 saturated carbocycles. The number of nitrogens with one attached hydrogen (secondary N) is 2. The van der Waals surface area contributed by atoms with E-state index in [0.717, 1.165) is 51.1 Å². The highest BCUT2D eigenvalue weighted by Crippen LogP contribution is 2.33. The topological polar surface area (TPSA) is 67.4 Å². The van der Waals surface area contributed by atoms with Crippen molar-refractivity contribution in [2.24, 2.45) is 0 Å². The average molecular weight is 328 g/mol. The highest BCUT2D eigenvalue weighted by molar-refractivity contribution is 8.00. The SMILES string of the molecule is CCOCCCCC(=O)CCCC[C@@H]1SC[C@@H]2NC(=O)N[C@@H]21. The zero-order valence-corrected chi connectivity index (χ0v) is 14.3. The van der Waals surface area contributed by atoms with Gasteiger partial charge in [-0.05, 0) is 32.6 Å². The fourth-order valence-electron chi connectivity index (χ4n) is 3.11. The van der Waals surface area contributed by atoms with Crippen molar-refractivity contribution in [3.8, 4) is 0 Å². The number of carbonyl (C=O) groups excluding carboxylic acids is 2. The summed E-state index contributed by atoms with van der Waals surface area (Å²) in [6.45, 7) is 3.51. The highest BCUT2D eigenvalue weighted by atomic mass is 32.2. The number of fused-ring (bicyclic) bond motifs is 1. The Bertz CT molecular complexity index is 378. The third-order valence-electron chi connectivity index (χ3n) is 4.33. The molecular weight excluding hydrogens is 300 g/mol. The van der Waals surface area contributed by atoms with E-state index in [1.807, 2.05) is 18.7 Å². The molecule has 2 aliphatic heterocycles. The third-order valence-corrected chi connectivity index (χ3v) is 5.84. The van der Waals surface area contributed by atoms with E-state index in [1.165, 1.54) is 0 Å². The Hall–Kier alpha value is -0.750. The monoisotopic (exact) mass is 328 g/mol. The Morgan fingerprint density at radius 1 is 1.23 bits per heavy atom. The summed E-state index contributed by atoms with van der Waals surface area (Å²) in [5.74, 6) is 1.39. The molecule has 2 N–H and O–H groups in total. The number of unbranched alkanes of at least 4 members (excludes halogenated alkanes) is 2. The molecule has 0 aromatic rings. The zero-order chi connectivity index (χ0) is 15.8. The summed E-state index contributed by atoms with van der Waals surface area (Å²) >= 11 is 1.94. The second kappa shape index (κ2) is 9.40. The second-order valence-electron chi connectivity index (χ2n) is 6.06. The number of Topliss-reactive ketones (excluding diaryl/α,β-unsaturated/α-hetero) is 1. The van der Waals surface area contributed by atoms with E-state index in [4.69, 9.17) is 4.74 Å². The molecule has 2 aliphatic rings. The van der Waals surface area contributed by atoms with Crippen molar-refractivity contribution >= 4 is 23.6 Å². The van der Waals surface area contributed by atoms with Crippen LogP contribution in [0.5, 0.6) is 0 Å². The van der Waals surface area contributed by atoms with Gasteiger partial charge in [0.25, 0.3) is 0 Å². The van der Waals surface area contributed by atoms with Crippen molar-refractivity contribution in [2.75, 3.05) is 19.0 Å². The van der Waals surface area contributed by atoms with E-state index in [1.54, 1.807) is 0 Å². The Kier molecular flexibility index (Phi) is 7.52. The summed E-state index contributed by atoms with van der Waals surface area (Å²) in [6.07, 6.45) is 6.44. The molecule has 0 aromatic heterocycles. The van der Waals surface area contributed by atoms with Crippen LogP contribution in [0.2, 0.25) is 0 Å². The average Bonchev–Trinajstić information content (AvgIpc) is 3.03. The van der Waals surface area contributed by atoms with Crippen LogP contribution in [0.3, 0.4) is 0 Å². The molecule has 2 heterocycles. The van der Waals surface area contributed by atoms with Crippen molar-refractivity contribution < 1.29 is 14.3 Å². The molecule has 6 heteroatoms. The number of ketones is 1. The summed E-state index contributed by atoms with van der Waals surface area (Å²) in [7, 11) is 0. The first-order chi connectivity index (χ1) is 10.7. The molecule has 2 rings (SSSR count). The number of hydrogen-bond donors (Lipinski definition) is 2. The summed E-state index contributed by atoms with van der Waals surface area (Å²) in [5.41, 5.74) is 0. The number of carbonyl (C=O) groups is 2. The number of rotatable bonds is 11. The first-order valence-corrected chi connectivity index (χ1v) is 9.53. The number of ether oxygens (including phenoxy) is 1. The Balaban J connectivity index is 1.49. The normalized spacial score (nSPS) is 26.6. The predicted molar refractivity (Wildman–Crippen MR) is 89.3 cm³/mol. The van der Waals surface area contributed by atoms with Crippen molar-refractivity contribution in [2.45, 2.75) is 69.2 Å². The maximum Gasteiger partial charge on any atom is 0.315 e. The van der Waals surface area contributed by atoms with Gasteiger partial charge in [-0.15, -0.1) is 0 Å². The molecule has 2 amide bonds. The lowest BCUT2D eigenvalue weighted by atomic mass is 10.0. The maximum absolute atomic E-state index is 11.8. The van der Waals surface area contributed by atoms with Crippen LogP contribution in [0.25, 0.3) is 0 Å². The lowest BCUT2D eigenvalue weighted by Crippen LogP contribution is -2.36. The summed E-state index contributed by atoms with van der Waals surface area (Å²) in [4.78, 5) is 23.1. The standard InChI is InChI=1S/C16H28N2O3S/c1-2-21-10-6-5-8-12(19)7-3-4-9-14-15-13(11-22-14)17-16(20)18-15/h13-15H,2-11H2,1H3,(H2,17,18,20)/t13-,14-,15-/m0/s1. The van der Waals surface area contributed by atoms with Gasteiger partial charge in [0.2, 0.25) is 0 Å². The summed E-state index contributed by atoms with van der Waals surface area (Å²) < 4.78 is 5.26. The van der Waals surface area contributed by atoms with Crippen molar-refractivity contribution in [3.63, 3.8) is 0 Å². The van der Waals surface area contributed by atoms with Gasteiger partial charge in [-0.25, -0.2) is 4.79 Å². The van der Waals surface area contributed by atoms with Gasteiger partial charge in [0, 0.05) is 37.1 Å². The molecule has 0 aromatic carbocycles. The highest BCUT2D eigenvalue weighted by Gasteiger charge is 2.42. The van der Waals surface area contributed by atoms with Gasteiger partial charge >= 0.3 is 6.03 Å². The van der Waals surface area contributed by atoms with Crippen molar-refractivity contribution in [3.05, 3.63) is 0 Å². The molecule has 3 atom stereocenters. The predicted octanol–water partition coefficient (Wildman–Crippen LogP) is 2.49. The van der Waals surface area contributed by atoms with Gasteiger partial charge < -0.3 is 15.4 Å². The van der Waals surface area contributed by atoms with Crippen LogP contribution in [0.1, 0.15) is 51.9 Å². The zero-order valence-electron chi connectivity index (χ0n) is 13.4. The third kappa shape index (κ3) is 5.47. The Morgan fingerprint density at radius 3 is 2.77 bits per heavy atom. The minimum Gasteiger partial charge on any atom is -0.382 e. The summed E-state index contributed by atoms with van der Waals surface area (Å²) in [6, 6.07) is 0.559. The number of thioether (sulfide) groups is 1. The quantitative estimate of drug-likeness (QED) is 0.452. The number of amides is 2. The molecule has 0 radical (unpaired) electrons. The first-order valence-electron chi connectivity index (χ1n) is 8.48. The Morgan fingerprint density at radius 2 is 2.00 bits per heavy atom. The smallest absolute Gasteiger partial charge is 0.315 e. The van der Waals surface area contributed by atoms with Crippen molar-refractivity contribution in [1.29, 1.82) is 0 Å². The molecule has 22 heavy (non-hydrogen) atoms. The van der Waals surface area contributed by atoms with Crippen LogP contribution in [0, 0.1) is 0 Å². The van der Waals surface area contributed by atoms with E-state index < -0.39 is 0 Å². The van der Waals surface area contributed by atoms with E-state index in [2.05, 4.69) is 10.6 Å². The minimum absolute atomic E-state index is 0.0254. The van der Waals surface area contributed by atoms with Crippen LogP contribution in [0.15, 0.2) is 0 Å². The van der Waals surface area contributed by atoms with E-state index in [0.29, 0.717) is 29.9 Å². The molecule has 5 nitrogen and oxygen atoms in total. The molecule has 0 aliphatic carbocycles. The molecule has 0 unspecified atom stereocenters. The van der Waals surface area contributed by atoms with Crippen LogP contribution in [-0.2, 0) is 9.53 Å². The van der Waals surface area contributed by atoms with Crippen LogP contribution >= 0.6 is 11.8 Å². The van der Waals surface area contributed by atoms with E-state index in [9.17, 15) is 9.59 Å². The maximum atomic E-state index is 11.8. The fourth-order valence-corrected chi connectivity index (χ4v) is 4.65. The largest absolute Gasteiger partial charge is 0.382 e. The lowest BCUT2D eigenvalue weighted by Gasteiger charge is -2.16. The van der Waals surface area contributed by atoms with E-state index in [-0.39, 0.29) is 12.1 Å². The van der Waals surface area contributed by atoms with Crippen LogP contribution in [-0.4, -0.2) is 48.1 Å². The van der Waals surface area contributed by atoms with Gasteiger partial charge in [0.05, 0.1) is 12.1 Å².